The van der Waals surface area contributed by atoms with Crippen LogP contribution in [0.1, 0.15) is 18.4 Å². The number of amides is 1. The third-order valence-corrected chi connectivity index (χ3v) is 3.66. The standard InChI is InChI=1S/C20H23NO6/c1-25-16-6-8-18(9-7-16)27-13-12-26-17-4-2-15(3-5-17)14-21-19(22)10-11-20(23)24/h2-9H,10-14H2,1H3,(H,21,22)(H,23,24). The number of aliphatic carboxylic acids is 1. The van der Waals surface area contributed by atoms with Gasteiger partial charge in [-0.2, -0.15) is 0 Å². The second-order valence-electron chi connectivity index (χ2n) is 5.69. The van der Waals surface area contributed by atoms with E-state index >= 15 is 0 Å². The Labute approximate surface area is 157 Å². The van der Waals surface area contributed by atoms with E-state index in [1.807, 2.05) is 48.5 Å². The van der Waals surface area contributed by atoms with Gasteiger partial charge in [-0.05, 0) is 42.0 Å². The predicted octanol–water partition coefficient (Wildman–Crippen LogP) is 2.63. The highest BCUT2D eigenvalue weighted by Gasteiger charge is 2.05. The molecule has 0 bridgehead atoms. The second kappa shape index (κ2) is 10.7. The number of carboxylic acids is 1. The molecular weight excluding hydrogens is 350 g/mol. The van der Waals surface area contributed by atoms with Gasteiger partial charge in [0.1, 0.15) is 30.5 Å². The zero-order chi connectivity index (χ0) is 19.5. The van der Waals surface area contributed by atoms with Gasteiger partial charge in [0.2, 0.25) is 5.91 Å². The van der Waals surface area contributed by atoms with Crippen LogP contribution in [0.3, 0.4) is 0 Å². The van der Waals surface area contributed by atoms with E-state index in [1.54, 1.807) is 7.11 Å². The Hall–Kier alpha value is -3.22. The molecule has 7 heteroatoms. The van der Waals surface area contributed by atoms with Crippen LogP contribution in [0.4, 0.5) is 0 Å². The van der Waals surface area contributed by atoms with Crippen LogP contribution >= 0.6 is 0 Å². The summed E-state index contributed by atoms with van der Waals surface area (Å²) in [7, 11) is 1.61. The molecule has 144 valence electrons. The first-order valence-electron chi connectivity index (χ1n) is 8.54. The van der Waals surface area contributed by atoms with Crippen LogP contribution in [0.5, 0.6) is 17.2 Å². The topological polar surface area (TPSA) is 94.1 Å². The van der Waals surface area contributed by atoms with E-state index in [1.165, 1.54) is 0 Å². The van der Waals surface area contributed by atoms with E-state index < -0.39 is 5.97 Å². The molecule has 2 N–H and O–H groups in total. The van der Waals surface area contributed by atoms with Crippen molar-refractivity contribution in [3.63, 3.8) is 0 Å². The first-order valence-corrected chi connectivity index (χ1v) is 8.54. The Morgan fingerprint density at radius 2 is 1.37 bits per heavy atom. The van der Waals surface area contributed by atoms with E-state index in [9.17, 15) is 9.59 Å². The van der Waals surface area contributed by atoms with E-state index in [4.69, 9.17) is 19.3 Å². The molecule has 0 atom stereocenters. The summed E-state index contributed by atoms with van der Waals surface area (Å²) in [4.78, 5) is 21.9. The largest absolute Gasteiger partial charge is 0.497 e. The Morgan fingerprint density at radius 3 is 1.89 bits per heavy atom. The van der Waals surface area contributed by atoms with Crippen molar-refractivity contribution < 1.29 is 28.9 Å². The van der Waals surface area contributed by atoms with Crippen LogP contribution < -0.4 is 19.5 Å². The lowest BCUT2D eigenvalue weighted by Crippen LogP contribution is -2.23. The molecule has 0 spiro atoms. The van der Waals surface area contributed by atoms with Crippen molar-refractivity contribution in [3.8, 4) is 17.2 Å². The summed E-state index contributed by atoms with van der Waals surface area (Å²) < 4.78 is 16.3. The fourth-order valence-electron chi connectivity index (χ4n) is 2.20. The van der Waals surface area contributed by atoms with Crippen molar-refractivity contribution in [1.29, 1.82) is 0 Å². The van der Waals surface area contributed by atoms with Crippen molar-refractivity contribution in [3.05, 3.63) is 54.1 Å². The minimum Gasteiger partial charge on any atom is -0.497 e. The third kappa shape index (κ3) is 7.68. The van der Waals surface area contributed by atoms with Gasteiger partial charge in [-0.1, -0.05) is 12.1 Å². The number of carbonyl (C=O) groups excluding carboxylic acids is 1. The molecule has 0 saturated carbocycles. The predicted molar refractivity (Wildman–Crippen MR) is 99.1 cm³/mol. The molecule has 27 heavy (non-hydrogen) atoms. The van der Waals surface area contributed by atoms with Crippen molar-refractivity contribution in [2.24, 2.45) is 0 Å². The van der Waals surface area contributed by atoms with Gasteiger partial charge in [-0.25, -0.2) is 0 Å². The number of rotatable bonds is 11. The fraction of sp³-hybridized carbons (Fsp3) is 0.300. The molecular formula is C20H23NO6. The quantitative estimate of drug-likeness (QED) is 0.588. The first-order chi connectivity index (χ1) is 13.1. The van der Waals surface area contributed by atoms with Gasteiger partial charge in [0.25, 0.3) is 0 Å². The smallest absolute Gasteiger partial charge is 0.303 e. The molecule has 2 aromatic rings. The molecule has 1 amide bonds. The summed E-state index contributed by atoms with van der Waals surface area (Å²) in [6, 6.07) is 14.6. The number of hydrogen-bond acceptors (Lipinski definition) is 5. The number of ether oxygens (including phenoxy) is 3. The van der Waals surface area contributed by atoms with E-state index in [0.717, 1.165) is 17.1 Å². The van der Waals surface area contributed by atoms with Gasteiger partial charge in [0.05, 0.1) is 13.5 Å². The van der Waals surface area contributed by atoms with Crippen LogP contribution in [-0.2, 0) is 16.1 Å². The number of carbonyl (C=O) groups is 2. The maximum absolute atomic E-state index is 11.5. The summed E-state index contributed by atoms with van der Waals surface area (Å²) in [5.41, 5.74) is 0.903. The van der Waals surface area contributed by atoms with Gasteiger partial charge in [0.15, 0.2) is 0 Å². The van der Waals surface area contributed by atoms with Gasteiger partial charge >= 0.3 is 5.97 Å². The summed E-state index contributed by atoms with van der Waals surface area (Å²) in [6.07, 6.45) is -0.193. The molecule has 7 nitrogen and oxygen atoms in total. The zero-order valence-corrected chi connectivity index (χ0v) is 15.1. The van der Waals surface area contributed by atoms with Gasteiger partial charge in [-0.3, -0.25) is 9.59 Å². The summed E-state index contributed by atoms with van der Waals surface area (Å²) in [6.45, 7) is 1.16. The van der Waals surface area contributed by atoms with Crippen LogP contribution in [-0.4, -0.2) is 37.3 Å². The maximum atomic E-state index is 11.5. The molecule has 0 aliphatic rings. The highest BCUT2D eigenvalue weighted by atomic mass is 16.5. The van der Waals surface area contributed by atoms with Crippen molar-refractivity contribution in [1.82, 2.24) is 5.32 Å². The lowest BCUT2D eigenvalue weighted by molar-refractivity contribution is -0.138. The van der Waals surface area contributed by atoms with Crippen molar-refractivity contribution in [2.45, 2.75) is 19.4 Å². The molecule has 0 aliphatic carbocycles. The Morgan fingerprint density at radius 1 is 0.852 bits per heavy atom. The number of hydrogen-bond donors (Lipinski definition) is 2. The molecule has 2 rings (SSSR count). The van der Waals surface area contributed by atoms with Gasteiger partial charge < -0.3 is 24.6 Å². The number of methoxy groups -OCH3 is 1. The Balaban J connectivity index is 1.66. The minimum absolute atomic E-state index is 0.0231. The third-order valence-electron chi connectivity index (χ3n) is 3.66. The van der Waals surface area contributed by atoms with E-state index in [0.29, 0.717) is 25.5 Å². The molecule has 0 saturated heterocycles. The average Bonchev–Trinajstić information content (AvgIpc) is 2.69. The molecule has 0 unspecified atom stereocenters. The van der Waals surface area contributed by atoms with Crippen LogP contribution in [0.2, 0.25) is 0 Å². The monoisotopic (exact) mass is 373 g/mol. The SMILES string of the molecule is COc1ccc(OCCOc2ccc(CNC(=O)CCC(=O)O)cc2)cc1. The van der Waals surface area contributed by atoms with Crippen molar-refractivity contribution >= 4 is 11.9 Å². The number of benzene rings is 2. The van der Waals surface area contributed by atoms with Crippen LogP contribution in [0.25, 0.3) is 0 Å². The first kappa shape index (κ1) is 20.1. The van der Waals surface area contributed by atoms with Crippen LogP contribution in [0, 0.1) is 0 Å². The molecule has 0 fully saturated rings. The lowest BCUT2D eigenvalue weighted by atomic mass is 10.2. The summed E-state index contributed by atoms with van der Waals surface area (Å²) in [5.74, 6) is 0.954. The highest BCUT2D eigenvalue weighted by molar-refractivity contribution is 5.80. The van der Waals surface area contributed by atoms with Crippen LogP contribution in [0.15, 0.2) is 48.5 Å². The molecule has 0 aromatic heterocycles. The molecule has 0 heterocycles. The molecule has 2 aromatic carbocycles. The summed E-state index contributed by atoms with van der Waals surface area (Å²) in [5, 5.41) is 11.2. The van der Waals surface area contributed by atoms with E-state index in [2.05, 4.69) is 5.32 Å². The lowest BCUT2D eigenvalue weighted by Gasteiger charge is -2.10. The zero-order valence-electron chi connectivity index (χ0n) is 15.1. The Kier molecular flexibility index (Phi) is 7.96. The fourth-order valence-corrected chi connectivity index (χ4v) is 2.20. The second-order valence-corrected chi connectivity index (χ2v) is 5.69. The number of nitrogens with one attached hydrogen (secondary N) is 1. The normalized spacial score (nSPS) is 10.1. The highest BCUT2D eigenvalue weighted by Crippen LogP contribution is 2.17. The van der Waals surface area contributed by atoms with Crippen molar-refractivity contribution in [2.75, 3.05) is 20.3 Å². The van der Waals surface area contributed by atoms with Gasteiger partial charge in [0, 0.05) is 13.0 Å². The van der Waals surface area contributed by atoms with E-state index in [-0.39, 0.29) is 18.7 Å². The Bertz CT molecular complexity index is 727. The average molecular weight is 373 g/mol. The molecule has 0 radical (unpaired) electrons. The maximum Gasteiger partial charge on any atom is 0.303 e. The summed E-state index contributed by atoms with van der Waals surface area (Å²) >= 11 is 0. The molecule has 0 aliphatic heterocycles. The minimum atomic E-state index is -0.984. The number of carboxylic acid groups (broad SMARTS) is 1. The van der Waals surface area contributed by atoms with Gasteiger partial charge in [-0.15, -0.1) is 0 Å².